The number of nitrogens with zero attached hydrogens (tertiary/aromatic N) is 2. The van der Waals surface area contributed by atoms with Gasteiger partial charge >= 0.3 is 0 Å². The summed E-state index contributed by atoms with van der Waals surface area (Å²) in [6, 6.07) is 15.7. The Hall–Kier alpha value is -2.36. The SMILES string of the molecule is Cc1ccccc1C1(C#N)CCN(CCCNC(=O)C(c2ccc(S)c(F)c2)C2CC2)CC1. The molecule has 1 aliphatic carbocycles. The third kappa shape index (κ3) is 5.42. The molecular formula is C27H32FN3OS. The fourth-order valence-electron chi connectivity index (χ4n) is 5.12. The second kappa shape index (κ2) is 10.3. The Morgan fingerprint density at radius 2 is 2.00 bits per heavy atom. The van der Waals surface area contributed by atoms with Crippen LogP contribution in [0.5, 0.6) is 0 Å². The molecule has 4 rings (SSSR count). The minimum Gasteiger partial charge on any atom is -0.356 e. The largest absolute Gasteiger partial charge is 0.356 e. The van der Waals surface area contributed by atoms with Crippen LogP contribution in [0.25, 0.3) is 0 Å². The Labute approximate surface area is 201 Å². The summed E-state index contributed by atoms with van der Waals surface area (Å²) in [5.74, 6) is -0.365. The molecule has 1 aliphatic heterocycles. The predicted molar refractivity (Wildman–Crippen MR) is 131 cm³/mol. The monoisotopic (exact) mass is 465 g/mol. The van der Waals surface area contributed by atoms with Crippen LogP contribution in [-0.2, 0) is 10.2 Å². The summed E-state index contributed by atoms with van der Waals surface area (Å²) in [5.41, 5.74) is 2.69. The number of carbonyl (C=O) groups is 1. The number of piperidine rings is 1. The van der Waals surface area contributed by atoms with E-state index in [4.69, 9.17) is 0 Å². The first-order valence-electron chi connectivity index (χ1n) is 11.9. The van der Waals surface area contributed by atoms with Crippen LogP contribution >= 0.6 is 12.6 Å². The van der Waals surface area contributed by atoms with Crippen molar-refractivity contribution in [1.29, 1.82) is 5.26 Å². The van der Waals surface area contributed by atoms with Crippen molar-refractivity contribution in [2.45, 2.75) is 55.3 Å². The lowest BCUT2D eigenvalue weighted by atomic mass is 9.72. The molecule has 2 fully saturated rings. The van der Waals surface area contributed by atoms with E-state index in [0.717, 1.165) is 62.9 Å². The third-order valence-corrected chi connectivity index (χ3v) is 7.60. The molecule has 1 atom stereocenters. The fraction of sp³-hybridized carbons (Fsp3) is 0.481. The van der Waals surface area contributed by atoms with E-state index in [1.807, 2.05) is 18.2 Å². The zero-order valence-electron chi connectivity index (χ0n) is 19.2. The summed E-state index contributed by atoms with van der Waals surface area (Å²) in [5, 5.41) is 13.0. The molecule has 1 amide bonds. The fourth-order valence-corrected chi connectivity index (χ4v) is 5.26. The van der Waals surface area contributed by atoms with E-state index in [1.165, 1.54) is 11.6 Å². The Balaban J connectivity index is 1.26. The minimum absolute atomic E-state index is 0.00879. The van der Waals surface area contributed by atoms with Crippen molar-refractivity contribution in [3.8, 4) is 6.07 Å². The number of benzene rings is 2. The van der Waals surface area contributed by atoms with E-state index in [9.17, 15) is 14.4 Å². The van der Waals surface area contributed by atoms with Crippen molar-refractivity contribution < 1.29 is 9.18 Å². The van der Waals surface area contributed by atoms with Crippen molar-refractivity contribution in [2.75, 3.05) is 26.2 Å². The molecule has 0 aromatic heterocycles. The van der Waals surface area contributed by atoms with E-state index < -0.39 is 5.41 Å². The van der Waals surface area contributed by atoms with Gasteiger partial charge in [0.2, 0.25) is 5.91 Å². The van der Waals surface area contributed by atoms with Crippen molar-refractivity contribution >= 4 is 18.5 Å². The van der Waals surface area contributed by atoms with Gasteiger partial charge in [0, 0.05) is 11.4 Å². The number of nitrogens with one attached hydrogen (secondary N) is 1. The van der Waals surface area contributed by atoms with E-state index in [-0.39, 0.29) is 17.6 Å². The molecule has 1 N–H and O–H groups in total. The minimum atomic E-state index is -0.397. The van der Waals surface area contributed by atoms with Crippen molar-refractivity contribution in [3.05, 3.63) is 65.0 Å². The second-order valence-corrected chi connectivity index (χ2v) is 10.0. The molecule has 0 spiro atoms. The molecule has 4 nitrogen and oxygen atoms in total. The van der Waals surface area contributed by atoms with E-state index >= 15 is 0 Å². The van der Waals surface area contributed by atoms with Crippen LogP contribution in [0.15, 0.2) is 47.4 Å². The highest BCUT2D eigenvalue weighted by molar-refractivity contribution is 7.80. The molecular weight excluding hydrogens is 433 g/mol. The first kappa shape index (κ1) is 23.8. The first-order chi connectivity index (χ1) is 15.9. The van der Waals surface area contributed by atoms with Gasteiger partial charge in [-0.25, -0.2) is 4.39 Å². The van der Waals surface area contributed by atoms with Gasteiger partial charge in [0.05, 0.1) is 17.4 Å². The molecule has 174 valence electrons. The van der Waals surface area contributed by atoms with Gasteiger partial charge in [0.25, 0.3) is 0 Å². The molecule has 6 heteroatoms. The van der Waals surface area contributed by atoms with Crippen LogP contribution in [0.1, 0.15) is 54.7 Å². The van der Waals surface area contributed by atoms with Crippen LogP contribution in [0.4, 0.5) is 4.39 Å². The van der Waals surface area contributed by atoms with Gasteiger partial charge in [-0.2, -0.15) is 5.26 Å². The van der Waals surface area contributed by atoms with Gasteiger partial charge < -0.3 is 10.2 Å². The predicted octanol–water partition coefficient (Wildman–Crippen LogP) is 4.98. The van der Waals surface area contributed by atoms with Crippen molar-refractivity contribution in [3.63, 3.8) is 0 Å². The third-order valence-electron chi connectivity index (χ3n) is 7.24. The maximum atomic E-state index is 14.0. The van der Waals surface area contributed by atoms with Gasteiger partial charge in [-0.1, -0.05) is 30.3 Å². The number of carbonyl (C=O) groups excluding carboxylic acids is 1. The van der Waals surface area contributed by atoms with Crippen molar-refractivity contribution in [2.24, 2.45) is 5.92 Å². The zero-order valence-corrected chi connectivity index (χ0v) is 20.1. The number of likely N-dealkylation sites (tertiary alicyclic amines) is 1. The quantitative estimate of drug-likeness (QED) is 0.427. The average molecular weight is 466 g/mol. The topological polar surface area (TPSA) is 56.1 Å². The number of nitriles is 1. The summed E-state index contributed by atoms with van der Waals surface area (Å²) in [7, 11) is 0. The standard InChI is InChI=1S/C27H32FN3OS/c1-19-5-2-3-6-22(19)27(18-29)11-15-31(16-12-27)14-4-13-30-26(32)25(20-7-8-20)21-9-10-24(33)23(28)17-21/h2-3,5-6,9-10,17,20,25,33H,4,7-8,11-16H2,1H3,(H,30,32). The molecule has 1 unspecified atom stereocenters. The smallest absolute Gasteiger partial charge is 0.227 e. The molecule has 0 radical (unpaired) electrons. The van der Waals surface area contributed by atoms with Crippen LogP contribution in [0, 0.1) is 30.0 Å². The second-order valence-electron chi connectivity index (χ2n) is 9.52. The van der Waals surface area contributed by atoms with Crippen LogP contribution in [0.3, 0.4) is 0 Å². The van der Waals surface area contributed by atoms with Crippen molar-refractivity contribution in [1.82, 2.24) is 10.2 Å². The van der Waals surface area contributed by atoms with Crippen LogP contribution < -0.4 is 5.32 Å². The molecule has 0 bridgehead atoms. The lowest BCUT2D eigenvalue weighted by Gasteiger charge is -2.38. The number of rotatable bonds is 8. The van der Waals surface area contributed by atoms with E-state index in [0.29, 0.717) is 17.4 Å². The Morgan fingerprint density at radius 3 is 2.64 bits per heavy atom. The number of amides is 1. The Kier molecular flexibility index (Phi) is 7.41. The van der Waals surface area contributed by atoms with Gasteiger partial charge in [0.1, 0.15) is 5.82 Å². The van der Waals surface area contributed by atoms with E-state index in [1.54, 1.807) is 6.07 Å². The Morgan fingerprint density at radius 1 is 1.27 bits per heavy atom. The molecule has 1 heterocycles. The highest BCUT2D eigenvalue weighted by atomic mass is 32.1. The Bertz CT molecular complexity index is 1040. The molecule has 1 saturated carbocycles. The summed E-state index contributed by atoms with van der Waals surface area (Å²) >= 11 is 4.10. The van der Waals surface area contributed by atoms with E-state index in [2.05, 4.69) is 48.0 Å². The lowest BCUT2D eigenvalue weighted by Crippen LogP contribution is -2.43. The lowest BCUT2D eigenvalue weighted by molar-refractivity contribution is -0.123. The summed E-state index contributed by atoms with van der Waals surface area (Å²) in [4.78, 5) is 15.6. The van der Waals surface area contributed by atoms with Gasteiger partial charge in [-0.05, 0) is 93.4 Å². The molecule has 2 aromatic carbocycles. The summed E-state index contributed by atoms with van der Waals surface area (Å²) in [6.07, 6.45) is 4.54. The number of aryl methyl sites for hydroxylation is 1. The molecule has 33 heavy (non-hydrogen) atoms. The normalized spacial score (nSPS) is 19.0. The van der Waals surface area contributed by atoms with Crippen LogP contribution in [0.2, 0.25) is 0 Å². The molecule has 2 aliphatic rings. The average Bonchev–Trinajstić information content (AvgIpc) is 3.65. The number of halogens is 1. The van der Waals surface area contributed by atoms with Gasteiger partial charge in [-0.3, -0.25) is 4.79 Å². The highest BCUT2D eigenvalue weighted by Crippen LogP contribution is 2.43. The maximum absolute atomic E-state index is 14.0. The number of hydrogen-bond donors (Lipinski definition) is 2. The molecule has 1 saturated heterocycles. The molecule has 2 aromatic rings. The maximum Gasteiger partial charge on any atom is 0.227 e. The highest BCUT2D eigenvalue weighted by Gasteiger charge is 2.38. The zero-order chi connectivity index (χ0) is 23.4. The summed E-state index contributed by atoms with van der Waals surface area (Å²) < 4.78 is 14.0. The number of thiol groups is 1. The van der Waals surface area contributed by atoms with Gasteiger partial charge in [-0.15, -0.1) is 12.6 Å². The summed E-state index contributed by atoms with van der Waals surface area (Å²) in [6.45, 7) is 5.35. The number of hydrogen-bond acceptors (Lipinski definition) is 4. The van der Waals surface area contributed by atoms with Gasteiger partial charge in [0.15, 0.2) is 0 Å². The first-order valence-corrected chi connectivity index (χ1v) is 12.3. The van der Waals surface area contributed by atoms with Crippen LogP contribution in [-0.4, -0.2) is 37.0 Å².